The van der Waals surface area contributed by atoms with Crippen LogP contribution in [-0.4, -0.2) is 66.3 Å². The van der Waals surface area contributed by atoms with E-state index in [2.05, 4.69) is 17.0 Å². The van der Waals surface area contributed by atoms with E-state index in [4.69, 9.17) is 9.47 Å². The van der Waals surface area contributed by atoms with E-state index in [1.807, 2.05) is 17.0 Å². The van der Waals surface area contributed by atoms with Gasteiger partial charge in [0.05, 0.1) is 25.2 Å². The van der Waals surface area contributed by atoms with Crippen molar-refractivity contribution in [1.29, 1.82) is 0 Å². The maximum atomic E-state index is 13.1. The van der Waals surface area contributed by atoms with Crippen LogP contribution < -0.4 is 9.47 Å². The number of rotatable bonds is 3. The van der Waals surface area contributed by atoms with Gasteiger partial charge in [0.25, 0.3) is 0 Å². The van der Waals surface area contributed by atoms with E-state index in [9.17, 15) is 9.90 Å². The summed E-state index contributed by atoms with van der Waals surface area (Å²) in [5, 5.41) is 10.2. The van der Waals surface area contributed by atoms with Crippen LogP contribution in [0.5, 0.6) is 11.5 Å². The lowest BCUT2D eigenvalue weighted by Crippen LogP contribution is -2.45. The van der Waals surface area contributed by atoms with Crippen molar-refractivity contribution >= 4 is 5.91 Å². The van der Waals surface area contributed by atoms with Gasteiger partial charge in [0.2, 0.25) is 5.91 Å². The van der Waals surface area contributed by atoms with Crippen molar-refractivity contribution in [2.45, 2.75) is 56.3 Å². The second kappa shape index (κ2) is 7.33. The lowest BCUT2D eigenvalue weighted by Gasteiger charge is -2.36. The average molecular weight is 399 g/mol. The highest BCUT2D eigenvalue weighted by atomic mass is 16.5. The number of nitrogens with zero attached hydrogens (tertiary/aromatic N) is 2. The minimum Gasteiger partial charge on any atom is -0.493 e. The van der Waals surface area contributed by atoms with Crippen molar-refractivity contribution in [2.24, 2.45) is 0 Å². The molecule has 1 spiro atoms. The van der Waals surface area contributed by atoms with Gasteiger partial charge in [0.1, 0.15) is 6.10 Å². The monoisotopic (exact) mass is 398 g/mol. The number of ether oxygens (including phenoxy) is 2. The van der Waals surface area contributed by atoms with E-state index in [0.29, 0.717) is 26.1 Å². The first-order valence-electron chi connectivity index (χ1n) is 10.9. The molecule has 0 radical (unpaired) electrons. The summed E-state index contributed by atoms with van der Waals surface area (Å²) in [7, 11) is 1.66. The first kappa shape index (κ1) is 18.9. The lowest BCUT2D eigenvalue weighted by atomic mass is 9.69. The van der Waals surface area contributed by atoms with Crippen LogP contribution in [0.2, 0.25) is 0 Å². The molecular formula is C23H30N2O4. The molecule has 0 aromatic heterocycles. The molecule has 3 aliphatic heterocycles. The first-order valence-corrected chi connectivity index (χ1v) is 10.9. The first-order chi connectivity index (χ1) is 14.1. The highest BCUT2D eigenvalue weighted by Crippen LogP contribution is 2.55. The van der Waals surface area contributed by atoms with Crippen molar-refractivity contribution in [2.75, 3.05) is 33.3 Å². The molecule has 0 bridgehead atoms. The van der Waals surface area contributed by atoms with Gasteiger partial charge in [-0.15, -0.1) is 0 Å². The van der Waals surface area contributed by atoms with Gasteiger partial charge in [-0.1, -0.05) is 24.6 Å². The standard InChI is InChI=1S/C23H30N2O4/c1-28-18-6-5-16-14-25(20(27)15-24-10-3-2-4-11-24)12-9-23-8-7-17(26)13-19(23)29-22(18)21(16)23/h5-8,17,19,26H,2-4,9-15H2,1H3/t17?,19-,23-/m0/s1. The fourth-order valence-corrected chi connectivity index (χ4v) is 5.56. The summed E-state index contributed by atoms with van der Waals surface area (Å²) in [6.45, 7) is 3.87. The molecule has 1 aliphatic carbocycles. The zero-order valence-electron chi connectivity index (χ0n) is 17.1. The molecule has 5 rings (SSSR count). The molecule has 6 heteroatoms. The molecule has 1 aromatic rings. The number of piperidine rings is 1. The van der Waals surface area contributed by atoms with Gasteiger partial charge in [-0.25, -0.2) is 0 Å². The van der Waals surface area contributed by atoms with Crippen LogP contribution in [0.15, 0.2) is 24.3 Å². The van der Waals surface area contributed by atoms with Crippen LogP contribution in [0, 0.1) is 0 Å². The Morgan fingerprint density at radius 3 is 2.90 bits per heavy atom. The van der Waals surface area contributed by atoms with Crippen molar-refractivity contribution in [3.05, 3.63) is 35.4 Å². The van der Waals surface area contributed by atoms with Crippen molar-refractivity contribution < 1.29 is 19.4 Å². The van der Waals surface area contributed by atoms with Crippen LogP contribution in [0.3, 0.4) is 0 Å². The third-order valence-corrected chi connectivity index (χ3v) is 7.12. The molecule has 3 heterocycles. The third kappa shape index (κ3) is 3.13. The van der Waals surface area contributed by atoms with Crippen molar-refractivity contribution in [3.8, 4) is 11.5 Å². The summed E-state index contributed by atoms with van der Waals surface area (Å²) in [6, 6.07) is 4.02. The minimum atomic E-state index is -0.491. The second-order valence-corrected chi connectivity index (χ2v) is 8.84. The topological polar surface area (TPSA) is 62.2 Å². The predicted molar refractivity (Wildman–Crippen MR) is 109 cm³/mol. The smallest absolute Gasteiger partial charge is 0.237 e. The van der Waals surface area contributed by atoms with Crippen molar-refractivity contribution in [3.63, 3.8) is 0 Å². The number of likely N-dealkylation sites (tertiary alicyclic amines) is 1. The number of carbonyl (C=O) groups is 1. The average Bonchev–Trinajstić information content (AvgIpc) is 2.96. The van der Waals surface area contributed by atoms with Crippen molar-refractivity contribution in [1.82, 2.24) is 9.80 Å². The van der Waals surface area contributed by atoms with Crippen LogP contribution in [-0.2, 0) is 16.8 Å². The molecule has 0 saturated carbocycles. The molecule has 1 unspecified atom stereocenters. The number of carbonyl (C=O) groups excluding carboxylic acids is 1. The quantitative estimate of drug-likeness (QED) is 0.792. The molecule has 4 aliphatic rings. The third-order valence-electron chi connectivity index (χ3n) is 7.12. The Kier molecular flexibility index (Phi) is 4.79. The van der Waals surface area contributed by atoms with E-state index in [0.717, 1.165) is 42.1 Å². The number of amides is 1. The van der Waals surface area contributed by atoms with Gasteiger partial charge < -0.3 is 19.5 Å². The summed E-state index contributed by atoms with van der Waals surface area (Å²) >= 11 is 0. The van der Waals surface area contributed by atoms with E-state index >= 15 is 0 Å². The molecule has 1 aromatic carbocycles. The Morgan fingerprint density at radius 2 is 2.10 bits per heavy atom. The van der Waals surface area contributed by atoms with Crippen LogP contribution in [0.4, 0.5) is 0 Å². The fraction of sp³-hybridized carbons (Fsp3) is 0.609. The zero-order chi connectivity index (χ0) is 20.0. The fourth-order valence-electron chi connectivity index (χ4n) is 5.56. The van der Waals surface area contributed by atoms with E-state index in [-0.39, 0.29) is 17.4 Å². The maximum absolute atomic E-state index is 13.1. The number of aliphatic hydroxyl groups is 1. The normalized spacial score (nSPS) is 30.9. The van der Waals surface area contributed by atoms with Crippen LogP contribution in [0.1, 0.15) is 43.2 Å². The van der Waals surface area contributed by atoms with E-state index in [1.165, 1.54) is 19.3 Å². The van der Waals surface area contributed by atoms with Gasteiger partial charge in [-0.3, -0.25) is 9.69 Å². The molecule has 1 fully saturated rings. The minimum absolute atomic E-state index is 0.121. The second-order valence-electron chi connectivity index (χ2n) is 8.84. The number of benzene rings is 1. The summed E-state index contributed by atoms with van der Waals surface area (Å²) in [6.07, 6.45) is 8.43. The Bertz CT molecular complexity index is 832. The molecule has 1 saturated heterocycles. The summed E-state index contributed by atoms with van der Waals surface area (Å²) < 4.78 is 11.9. The Morgan fingerprint density at radius 1 is 1.28 bits per heavy atom. The summed E-state index contributed by atoms with van der Waals surface area (Å²) in [5.41, 5.74) is 1.99. The Hall–Kier alpha value is -2.05. The summed E-state index contributed by atoms with van der Waals surface area (Å²) in [5.74, 6) is 1.73. The molecule has 29 heavy (non-hydrogen) atoms. The highest BCUT2D eigenvalue weighted by molar-refractivity contribution is 5.79. The molecule has 1 amide bonds. The van der Waals surface area contributed by atoms with Gasteiger partial charge in [-0.05, 0) is 44.0 Å². The molecule has 3 atom stereocenters. The van der Waals surface area contributed by atoms with Gasteiger partial charge in [0.15, 0.2) is 11.5 Å². The van der Waals surface area contributed by atoms with Crippen LogP contribution >= 0.6 is 0 Å². The lowest BCUT2D eigenvalue weighted by molar-refractivity contribution is -0.133. The number of methoxy groups -OCH3 is 1. The largest absolute Gasteiger partial charge is 0.493 e. The molecule has 156 valence electrons. The Balaban J connectivity index is 1.47. The van der Waals surface area contributed by atoms with Crippen LogP contribution in [0.25, 0.3) is 0 Å². The number of hydrogen-bond donors (Lipinski definition) is 1. The highest BCUT2D eigenvalue weighted by Gasteiger charge is 2.53. The Labute approximate surface area is 172 Å². The van der Waals surface area contributed by atoms with E-state index in [1.54, 1.807) is 7.11 Å². The number of hydrogen-bond acceptors (Lipinski definition) is 5. The zero-order valence-corrected chi connectivity index (χ0v) is 17.1. The van der Waals surface area contributed by atoms with Gasteiger partial charge in [0, 0.05) is 25.1 Å². The van der Waals surface area contributed by atoms with Gasteiger partial charge >= 0.3 is 0 Å². The molecule has 6 nitrogen and oxygen atoms in total. The number of aliphatic hydroxyl groups excluding tert-OH is 1. The summed E-state index contributed by atoms with van der Waals surface area (Å²) in [4.78, 5) is 17.4. The predicted octanol–water partition coefficient (Wildman–Crippen LogP) is 2.23. The molecular weight excluding hydrogens is 368 g/mol. The SMILES string of the molecule is COc1ccc2c3c1O[C@H]1CC(O)C=C[C@@]31CCN(C(=O)CN1CCCCC1)C2. The van der Waals surface area contributed by atoms with Gasteiger partial charge in [-0.2, -0.15) is 0 Å². The molecule has 1 N–H and O–H groups in total. The maximum Gasteiger partial charge on any atom is 0.237 e. The van der Waals surface area contributed by atoms with E-state index < -0.39 is 6.10 Å².